The van der Waals surface area contributed by atoms with Gasteiger partial charge in [-0.15, -0.1) is 0 Å². The standard InChI is InChI=1S/C12H5BrClN3/c13-9-3-1-2-7-10(14)8(6-15)12-16-4-5-17(12)11(7)9/h1-5H. The molecule has 0 unspecified atom stereocenters. The molecule has 2 heterocycles. The van der Waals surface area contributed by atoms with E-state index in [9.17, 15) is 0 Å². The van der Waals surface area contributed by atoms with Gasteiger partial charge in [-0.05, 0) is 22.0 Å². The van der Waals surface area contributed by atoms with Crippen LogP contribution >= 0.6 is 27.5 Å². The molecule has 0 aliphatic carbocycles. The third-order valence-electron chi connectivity index (χ3n) is 2.66. The summed E-state index contributed by atoms with van der Waals surface area (Å²) >= 11 is 9.75. The summed E-state index contributed by atoms with van der Waals surface area (Å²) in [6.45, 7) is 0. The molecule has 0 saturated heterocycles. The monoisotopic (exact) mass is 305 g/mol. The van der Waals surface area contributed by atoms with Gasteiger partial charge in [0, 0.05) is 22.3 Å². The highest BCUT2D eigenvalue weighted by atomic mass is 79.9. The minimum Gasteiger partial charge on any atom is -0.297 e. The molecule has 0 amide bonds. The molecule has 0 atom stereocenters. The van der Waals surface area contributed by atoms with Crippen LogP contribution in [0.3, 0.4) is 0 Å². The van der Waals surface area contributed by atoms with E-state index in [0.717, 1.165) is 15.4 Å². The van der Waals surface area contributed by atoms with Gasteiger partial charge in [0.15, 0.2) is 5.65 Å². The van der Waals surface area contributed by atoms with Gasteiger partial charge in [-0.25, -0.2) is 4.98 Å². The lowest BCUT2D eigenvalue weighted by Crippen LogP contribution is -1.94. The number of para-hydroxylation sites is 1. The number of aromatic nitrogens is 2. The lowest BCUT2D eigenvalue weighted by molar-refractivity contribution is 1.24. The van der Waals surface area contributed by atoms with Gasteiger partial charge >= 0.3 is 0 Å². The Bertz CT molecular complexity index is 786. The Hall–Kier alpha value is -1.57. The van der Waals surface area contributed by atoms with Crippen LogP contribution in [-0.2, 0) is 0 Å². The number of pyridine rings is 1. The van der Waals surface area contributed by atoms with E-state index in [-0.39, 0.29) is 0 Å². The Morgan fingerprint density at radius 2 is 2.24 bits per heavy atom. The summed E-state index contributed by atoms with van der Waals surface area (Å²) in [4.78, 5) is 4.18. The van der Waals surface area contributed by atoms with Crippen LogP contribution < -0.4 is 0 Å². The molecule has 0 fully saturated rings. The summed E-state index contributed by atoms with van der Waals surface area (Å²) in [6, 6.07) is 7.82. The van der Waals surface area contributed by atoms with Crippen LogP contribution in [0.2, 0.25) is 5.02 Å². The molecule has 0 spiro atoms. The van der Waals surface area contributed by atoms with Crippen molar-refractivity contribution in [2.24, 2.45) is 0 Å². The van der Waals surface area contributed by atoms with Gasteiger partial charge < -0.3 is 0 Å². The first-order valence-electron chi connectivity index (χ1n) is 4.87. The van der Waals surface area contributed by atoms with Crippen molar-refractivity contribution in [2.75, 3.05) is 0 Å². The molecule has 0 saturated carbocycles. The number of nitrogens with zero attached hydrogens (tertiary/aromatic N) is 3. The first-order chi connectivity index (χ1) is 8.24. The second kappa shape index (κ2) is 3.73. The Morgan fingerprint density at radius 3 is 3.00 bits per heavy atom. The maximum atomic E-state index is 9.16. The summed E-state index contributed by atoms with van der Waals surface area (Å²) in [5.41, 5.74) is 1.91. The highest BCUT2D eigenvalue weighted by molar-refractivity contribution is 9.10. The second-order valence-corrected chi connectivity index (χ2v) is 4.79. The van der Waals surface area contributed by atoms with Crippen molar-refractivity contribution >= 4 is 44.1 Å². The minimum absolute atomic E-state index is 0.405. The maximum Gasteiger partial charge on any atom is 0.156 e. The van der Waals surface area contributed by atoms with Gasteiger partial charge in [-0.3, -0.25) is 4.40 Å². The third kappa shape index (κ3) is 1.36. The molecule has 2 aromatic heterocycles. The van der Waals surface area contributed by atoms with Gasteiger partial charge in [-0.1, -0.05) is 23.7 Å². The van der Waals surface area contributed by atoms with Gasteiger partial charge in [0.1, 0.15) is 11.6 Å². The van der Waals surface area contributed by atoms with Gasteiger partial charge in [0.05, 0.1) is 10.5 Å². The number of rotatable bonds is 0. The molecule has 0 aliphatic heterocycles. The Balaban J connectivity index is 2.73. The first kappa shape index (κ1) is 10.6. The lowest BCUT2D eigenvalue weighted by Gasteiger charge is -2.08. The number of imidazole rings is 1. The number of hydrogen-bond donors (Lipinski definition) is 0. The average molecular weight is 307 g/mol. The predicted octanol–water partition coefficient (Wildman–Crippen LogP) is 3.78. The van der Waals surface area contributed by atoms with Crippen molar-refractivity contribution in [2.45, 2.75) is 0 Å². The SMILES string of the molecule is N#Cc1c(Cl)c2cccc(Br)c2n2ccnc12. The van der Waals surface area contributed by atoms with E-state index < -0.39 is 0 Å². The van der Waals surface area contributed by atoms with E-state index >= 15 is 0 Å². The molecule has 17 heavy (non-hydrogen) atoms. The van der Waals surface area contributed by atoms with Crippen LogP contribution in [0.5, 0.6) is 0 Å². The van der Waals surface area contributed by atoms with Gasteiger partial charge in [-0.2, -0.15) is 5.26 Å². The molecular weight excluding hydrogens is 302 g/mol. The van der Waals surface area contributed by atoms with Gasteiger partial charge in [0.25, 0.3) is 0 Å². The normalized spacial score (nSPS) is 10.9. The molecule has 82 valence electrons. The van der Waals surface area contributed by atoms with Crippen molar-refractivity contribution in [1.29, 1.82) is 5.26 Å². The zero-order valence-corrected chi connectivity index (χ0v) is 10.8. The zero-order valence-electron chi connectivity index (χ0n) is 8.48. The Morgan fingerprint density at radius 1 is 1.41 bits per heavy atom. The highest BCUT2D eigenvalue weighted by Gasteiger charge is 2.14. The predicted molar refractivity (Wildman–Crippen MR) is 70.1 cm³/mol. The van der Waals surface area contributed by atoms with Crippen molar-refractivity contribution in [3.8, 4) is 6.07 Å². The second-order valence-electron chi connectivity index (χ2n) is 3.56. The number of fused-ring (bicyclic) bond motifs is 3. The fraction of sp³-hybridized carbons (Fsp3) is 0. The molecular formula is C12H5BrClN3. The molecule has 0 bridgehead atoms. The number of nitriles is 1. The molecule has 0 N–H and O–H groups in total. The lowest BCUT2D eigenvalue weighted by atomic mass is 10.1. The van der Waals surface area contributed by atoms with E-state index in [2.05, 4.69) is 27.0 Å². The van der Waals surface area contributed by atoms with E-state index in [4.69, 9.17) is 16.9 Å². The van der Waals surface area contributed by atoms with E-state index in [1.165, 1.54) is 0 Å². The summed E-state index contributed by atoms with van der Waals surface area (Å²) in [5, 5.41) is 10.4. The topological polar surface area (TPSA) is 41.1 Å². The molecule has 0 aliphatic rings. The van der Waals surface area contributed by atoms with Crippen LogP contribution in [0.15, 0.2) is 35.1 Å². The molecule has 3 aromatic rings. The van der Waals surface area contributed by atoms with Crippen LogP contribution in [0.1, 0.15) is 5.56 Å². The average Bonchev–Trinajstić information content (AvgIpc) is 2.78. The largest absolute Gasteiger partial charge is 0.297 e. The van der Waals surface area contributed by atoms with Crippen LogP contribution in [-0.4, -0.2) is 9.38 Å². The zero-order chi connectivity index (χ0) is 12.0. The molecule has 1 aromatic carbocycles. The van der Waals surface area contributed by atoms with Crippen molar-refractivity contribution in [3.05, 3.63) is 45.7 Å². The van der Waals surface area contributed by atoms with Crippen molar-refractivity contribution in [3.63, 3.8) is 0 Å². The maximum absolute atomic E-state index is 9.16. The highest BCUT2D eigenvalue weighted by Crippen LogP contribution is 2.33. The third-order valence-corrected chi connectivity index (χ3v) is 3.69. The van der Waals surface area contributed by atoms with Crippen molar-refractivity contribution in [1.82, 2.24) is 9.38 Å². The van der Waals surface area contributed by atoms with Gasteiger partial charge in [0.2, 0.25) is 0 Å². The molecule has 3 rings (SSSR count). The first-order valence-corrected chi connectivity index (χ1v) is 6.04. The summed E-state index contributed by atoms with van der Waals surface area (Å²) in [5.74, 6) is 0. The molecule has 0 radical (unpaired) electrons. The molecule has 3 nitrogen and oxygen atoms in total. The fourth-order valence-electron chi connectivity index (χ4n) is 1.94. The Labute approximate surface area is 110 Å². The summed E-state index contributed by atoms with van der Waals surface area (Å²) in [6.07, 6.45) is 3.48. The summed E-state index contributed by atoms with van der Waals surface area (Å²) in [7, 11) is 0. The van der Waals surface area contributed by atoms with E-state index in [1.807, 2.05) is 28.8 Å². The van der Waals surface area contributed by atoms with Crippen molar-refractivity contribution < 1.29 is 0 Å². The van der Waals surface area contributed by atoms with E-state index in [1.54, 1.807) is 6.20 Å². The Kier molecular flexibility index (Phi) is 2.32. The van der Waals surface area contributed by atoms with Crippen LogP contribution in [0.25, 0.3) is 16.6 Å². The quantitative estimate of drug-likeness (QED) is 0.634. The number of benzene rings is 1. The summed E-state index contributed by atoms with van der Waals surface area (Å²) < 4.78 is 2.79. The van der Waals surface area contributed by atoms with Crippen LogP contribution in [0, 0.1) is 11.3 Å². The number of halogens is 2. The van der Waals surface area contributed by atoms with Crippen LogP contribution in [0.4, 0.5) is 0 Å². The fourth-order valence-corrected chi connectivity index (χ4v) is 2.77. The smallest absolute Gasteiger partial charge is 0.156 e. The molecule has 5 heteroatoms. The number of hydrogen-bond acceptors (Lipinski definition) is 2. The minimum atomic E-state index is 0.405. The van der Waals surface area contributed by atoms with E-state index in [0.29, 0.717) is 16.2 Å².